The van der Waals surface area contributed by atoms with Gasteiger partial charge in [0, 0.05) is 12.4 Å². The van der Waals surface area contributed by atoms with E-state index in [1.807, 2.05) is 0 Å². The predicted molar refractivity (Wildman–Crippen MR) is 75.3 cm³/mol. The Labute approximate surface area is 113 Å². The lowest BCUT2D eigenvalue weighted by atomic mass is 10.0. The van der Waals surface area contributed by atoms with Gasteiger partial charge in [-0.1, -0.05) is 36.8 Å². The summed E-state index contributed by atoms with van der Waals surface area (Å²) in [5.41, 5.74) is 3.21. The molecule has 0 saturated carbocycles. The van der Waals surface area contributed by atoms with Crippen LogP contribution < -0.4 is 10.1 Å². The number of methoxy groups -OCH3 is 1. The molecule has 1 unspecified atom stereocenters. The van der Waals surface area contributed by atoms with Gasteiger partial charge in [-0.3, -0.25) is 4.98 Å². The van der Waals surface area contributed by atoms with Crippen LogP contribution in [0.3, 0.4) is 0 Å². The van der Waals surface area contributed by atoms with Gasteiger partial charge in [0.1, 0.15) is 5.69 Å². The Morgan fingerprint density at radius 3 is 2.47 bits per heavy atom. The number of rotatable bonds is 5. The van der Waals surface area contributed by atoms with Crippen molar-refractivity contribution < 1.29 is 4.74 Å². The molecule has 0 aliphatic heterocycles. The minimum absolute atomic E-state index is 0.00532. The minimum Gasteiger partial charge on any atom is -0.480 e. The molecular weight excluding hydrogens is 238 g/mol. The van der Waals surface area contributed by atoms with Gasteiger partial charge in [-0.05, 0) is 19.0 Å². The molecule has 2 rings (SSSR count). The first-order chi connectivity index (χ1) is 9.26. The van der Waals surface area contributed by atoms with Crippen molar-refractivity contribution in [1.82, 2.24) is 15.3 Å². The van der Waals surface area contributed by atoms with E-state index in [9.17, 15) is 0 Å². The summed E-state index contributed by atoms with van der Waals surface area (Å²) in [6, 6.07) is 8.41. The smallest absolute Gasteiger partial charge is 0.237 e. The van der Waals surface area contributed by atoms with Crippen molar-refractivity contribution >= 4 is 0 Å². The van der Waals surface area contributed by atoms with Gasteiger partial charge >= 0.3 is 0 Å². The first-order valence-electron chi connectivity index (χ1n) is 6.41. The van der Waals surface area contributed by atoms with Crippen molar-refractivity contribution in [2.45, 2.75) is 19.9 Å². The van der Waals surface area contributed by atoms with Gasteiger partial charge in [-0.15, -0.1) is 0 Å². The molecule has 100 valence electrons. The predicted octanol–water partition coefficient (Wildman–Crippen LogP) is 2.49. The van der Waals surface area contributed by atoms with E-state index < -0.39 is 0 Å². The first-order valence-corrected chi connectivity index (χ1v) is 6.41. The Morgan fingerprint density at radius 2 is 1.84 bits per heavy atom. The Hall–Kier alpha value is -1.94. The second kappa shape index (κ2) is 6.29. The number of aryl methyl sites for hydroxylation is 1. The van der Waals surface area contributed by atoms with Gasteiger partial charge in [0.15, 0.2) is 0 Å². The lowest BCUT2D eigenvalue weighted by Crippen LogP contribution is -2.23. The summed E-state index contributed by atoms with van der Waals surface area (Å²) in [5.74, 6) is 0.564. The molecule has 0 amide bonds. The molecule has 0 saturated heterocycles. The quantitative estimate of drug-likeness (QED) is 0.894. The maximum Gasteiger partial charge on any atom is 0.237 e. The average molecular weight is 257 g/mol. The summed E-state index contributed by atoms with van der Waals surface area (Å²) >= 11 is 0. The van der Waals surface area contributed by atoms with Crippen LogP contribution in [0.15, 0.2) is 36.7 Å². The number of ether oxygens (including phenoxy) is 1. The van der Waals surface area contributed by atoms with Crippen molar-refractivity contribution in [3.63, 3.8) is 0 Å². The summed E-state index contributed by atoms with van der Waals surface area (Å²) in [4.78, 5) is 8.64. The highest BCUT2D eigenvalue weighted by Crippen LogP contribution is 2.26. The van der Waals surface area contributed by atoms with Gasteiger partial charge < -0.3 is 10.1 Å². The third kappa shape index (κ3) is 3.09. The number of benzene rings is 1. The molecule has 0 aliphatic carbocycles. The van der Waals surface area contributed by atoms with Crippen LogP contribution in [0.2, 0.25) is 0 Å². The summed E-state index contributed by atoms with van der Waals surface area (Å²) in [5, 5.41) is 3.43. The number of hydrogen-bond donors (Lipinski definition) is 1. The third-order valence-electron chi connectivity index (χ3n) is 2.98. The molecule has 0 bridgehead atoms. The SMILES string of the molecule is CCNC(c1ccc(C)cc1)c1nccnc1OC. The molecule has 0 fully saturated rings. The van der Waals surface area contributed by atoms with Crippen molar-refractivity contribution in [2.24, 2.45) is 0 Å². The van der Waals surface area contributed by atoms with Crippen LogP contribution in [0.1, 0.15) is 29.8 Å². The highest BCUT2D eigenvalue weighted by atomic mass is 16.5. The van der Waals surface area contributed by atoms with Crippen molar-refractivity contribution in [2.75, 3.05) is 13.7 Å². The minimum atomic E-state index is -0.00532. The second-order valence-electron chi connectivity index (χ2n) is 4.35. The van der Waals surface area contributed by atoms with Crippen LogP contribution in [0, 0.1) is 6.92 Å². The monoisotopic (exact) mass is 257 g/mol. The maximum absolute atomic E-state index is 5.30. The van der Waals surface area contributed by atoms with Gasteiger partial charge in [0.05, 0.1) is 13.2 Å². The molecule has 4 heteroatoms. The Balaban J connectivity index is 2.42. The van der Waals surface area contributed by atoms with Crippen LogP contribution in [-0.4, -0.2) is 23.6 Å². The van der Waals surface area contributed by atoms with Crippen LogP contribution in [0.25, 0.3) is 0 Å². The Morgan fingerprint density at radius 1 is 1.16 bits per heavy atom. The lowest BCUT2D eigenvalue weighted by Gasteiger charge is -2.19. The zero-order chi connectivity index (χ0) is 13.7. The highest BCUT2D eigenvalue weighted by molar-refractivity contribution is 5.34. The summed E-state index contributed by atoms with van der Waals surface area (Å²) in [7, 11) is 1.62. The zero-order valence-electron chi connectivity index (χ0n) is 11.6. The molecule has 0 spiro atoms. The van der Waals surface area contributed by atoms with Gasteiger partial charge in [0.2, 0.25) is 5.88 Å². The zero-order valence-corrected chi connectivity index (χ0v) is 11.6. The van der Waals surface area contributed by atoms with Crippen LogP contribution >= 0.6 is 0 Å². The third-order valence-corrected chi connectivity index (χ3v) is 2.98. The van der Waals surface area contributed by atoms with Crippen molar-refractivity contribution in [3.8, 4) is 5.88 Å². The fourth-order valence-electron chi connectivity index (χ4n) is 2.03. The molecule has 1 aromatic heterocycles. The van der Waals surface area contributed by atoms with E-state index in [0.717, 1.165) is 17.8 Å². The molecule has 1 heterocycles. The highest BCUT2D eigenvalue weighted by Gasteiger charge is 2.19. The molecule has 0 radical (unpaired) electrons. The second-order valence-corrected chi connectivity index (χ2v) is 4.35. The Bertz CT molecular complexity index is 525. The molecule has 1 aromatic carbocycles. The van der Waals surface area contributed by atoms with Gasteiger partial charge in [-0.25, -0.2) is 4.98 Å². The van der Waals surface area contributed by atoms with E-state index in [-0.39, 0.29) is 6.04 Å². The number of hydrogen-bond acceptors (Lipinski definition) is 4. The molecule has 0 aliphatic rings. The van der Waals surface area contributed by atoms with E-state index in [1.54, 1.807) is 19.5 Å². The van der Waals surface area contributed by atoms with Gasteiger partial charge in [0.25, 0.3) is 0 Å². The first kappa shape index (κ1) is 13.5. The maximum atomic E-state index is 5.30. The van der Waals surface area contributed by atoms with E-state index in [1.165, 1.54) is 5.56 Å². The largest absolute Gasteiger partial charge is 0.480 e. The van der Waals surface area contributed by atoms with Crippen LogP contribution in [0.5, 0.6) is 5.88 Å². The normalized spacial score (nSPS) is 12.2. The van der Waals surface area contributed by atoms with Gasteiger partial charge in [-0.2, -0.15) is 0 Å². The molecule has 2 aromatic rings. The fourth-order valence-corrected chi connectivity index (χ4v) is 2.03. The van der Waals surface area contributed by atoms with Crippen LogP contribution in [0.4, 0.5) is 0 Å². The summed E-state index contributed by atoms with van der Waals surface area (Å²) in [6.45, 7) is 5.00. The lowest BCUT2D eigenvalue weighted by molar-refractivity contribution is 0.383. The van der Waals surface area contributed by atoms with Crippen molar-refractivity contribution in [3.05, 3.63) is 53.5 Å². The number of aromatic nitrogens is 2. The van der Waals surface area contributed by atoms with Crippen LogP contribution in [-0.2, 0) is 0 Å². The topological polar surface area (TPSA) is 47.0 Å². The Kier molecular flexibility index (Phi) is 4.47. The summed E-state index contributed by atoms with van der Waals surface area (Å²) in [6.07, 6.45) is 3.33. The van der Waals surface area contributed by atoms with E-state index in [2.05, 4.69) is 53.4 Å². The van der Waals surface area contributed by atoms with Crippen molar-refractivity contribution in [1.29, 1.82) is 0 Å². The van der Waals surface area contributed by atoms with E-state index in [4.69, 9.17) is 4.74 Å². The average Bonchev–Trinajstić information content (AvgIpc) is 2.46. The molecule has 19 heavy (non-hydrogen) atoms. The molecule has 1 atom stereocenters. The van der Waals surface area contributed by atoms with E-state index >= 15 is 0 Å². The molecule has 4 nitrogen and oxygen atoms in total. The molecular formula is C15H19N3O. The number of nitrogens with zero attached hydrogens (tertiary/aromatic N) is 2. The van der Waals surface area contributed by atoms with E-state index in [0.29, 0.717) is 5.88 Å². The summed E-state index contributed by atoms with van der Waals surface area (Å²) < 4.78 is 5.30. The number of nitrogens with one attached hydrogen (secondary N) is 1. The molecule has 1 N–H and O–H groups in total. The fraction of sp³-hybridized carbons (Fsp3) is 0.333. The standard InChI is InChI=1S/C15H19N3O/c1-4-16-13(12-7-5-11(2)6-8-12)14-15(19-3)18-10-9-17-14/h5-10,13,16H,4H2,1-3H3.